The van der Waals surface area contributed by atoms with Gasteiger partial charge in [0.05, 0.1) is 30.2 Å². The van der Waals surface area contributed by atoms with Crippen LogP contribution in [0.4, 0.5) is 11.4 Å². The van der Waals surface area contributed by atoms with Gasteiger partial charge in [0, 0.05) is 13.2 Å². The van der Waals surface area contributed by atoms with Gasteiger partial charge in [0.15, 0.2) is 0 Å². The van der Waals surface area contributed by atoms with Gasteiger partial charge in [0.1, 0.15) is 0 Å². The number of carbonyl (C=O) groups excluding carboxylic acids is 1. The van der Waals surface area contributed by atoms with Crippen molar-refractivity contribution in [1.82, 2.24) is 0 Å². The lowest BCUT2D eigenvalue weighted by Gasteiger charge is -2.11. The molecule has 0 atom stereocenters. The maximum Gasteiger partial charge on any atom is 0.338 e. The van der Waals surface area contributed by atoms with Crippen molar-refractivity contribution >= 4 is 17.3 Å². The first-order valence-corrected chi connectivity index (χ1v) is 6.92. The molecule has 0 aliphatic heterocycles. The predicted octanol–water partition coefficient (Wildman–Crippen LogP) is 2.53. The lowest BCUT2D eigenvalue weighted by atomic mass is 10.1. The topological polar surface area (TPSA) is 73.6 Å². The van der Waals surface area contributed by atoms with Gasteiger partial charge in [0.2, 0.25) is 0 Å². The lowest BCUT2D eigenvalue weighted by molar-refractivity contribution is 0.0526. The first-order chi connectivity index (χ1) is 9.54. The largest absolute Gasteiger partial charge is 0.462 e. The molecule has 0 aliphatic rings. The number of ether oxygens (including phenoxy) is 2. The van der Waals surface area contributed by atoms with Crippen molar-refractivity contribution in [2.45, 2.75) is 20.8 Å². The van der Waals surface area contributed by atoms with Crippen molar-refractivity contribution in [2.24, 2.45) is 5.92 Å². The third kappa shape index (κ3) is 5.48. The van der Waals surface area contributed by atoms with E-state index < -0.39 is 0 Å². The molecule has 1 aromatic rings. The number of benzene rings is 1. The van der Waals surface area contributed by atoms with E-state index in [0.29, 0.717) is 36.9 Å². The van der Waals surface area contributed by atoms with Gasteiger partial charge in [-0.1, -0.05) is 13.8 Å². The molecule has 112 valence electrons. The fourth-order valence-corrected chi connectivity index (χ4v) is 1.64. The summed E-state index contributed by atoms with van der Waals surface area (Å²) in [4.78, 5) is 11.6. The van der Waals surface area contributed by atoms with Gasteiger partial charge in [-0.05, 0) is 31.0 Å². The van der Waals surface area contributed by atoms with Crippen LogP contribution in [-0.2, 0) is 9.47 Å². The molecule has 0 fully saturated rings. The van der Waals surface area contributed by atoms with E-state index in [1.165, 1.54) is 0 Å². The Labute approximate surface area is 120 Å². The van der Waals surface area contributed by atoms with E-state index in [-0.39, 0.29) is 5.97 Å². The molecule has 0 spiro atoms. The molecule has 0 saturated carbocycles. The Morgan fingerprint density at radius 2 is 2.15 bits per heavy atom. The monoisotopic (exact) mass is 280 g/mol. The lowest BCUT2D eigenvalue weighted by Crippen LogP contribution is -2.13. The fraction of sp³-hybridized carbons (Fsp3) is 0.533. The van der Waals surface area contributed by atoms with Gasteiger partial charge < -0.3 is 20.5 Å². The van der Waals surface area contributed by atoms with E-state index in [0.717, 1.165) is 12.3 Å². The Morgan fingerprint density at radius 1 is 1.40 bits per heavy atom. The standard InChI is InChI=1S/C15H24N2O3/c1-4-20-15(18)12-5-6-14(13(16)9-12)17-7-8-19-10-11(2)3/h5-6,9,11,17H,4,7-8,10,16H2,1-3H3. The number of esters is 1. The number of rotatable bonds is 8. The van der Waals surface area contributed by atoms with Crippen molar-refractivity contribution in [3.8, 4) is 0 Å². The Balaban J connectivity index is 2.45. The number of anilines is 2. The van der Waals surface area contributed by atoms with E-state index in [1.54, 1.807) is 25.1 Å². The summed E-state index contributed by atoms with van der Waals surface area (Å²) >= 11 is 0. The van der Waals surface area contributed by atoms with Crippen LogP contribution < -0.4 is 11.1 Å². The van der Waals surface area contributed by atoms with Gasteiger partial charge >= 0.3 is 5.97 Å². The maximum absolute atomic E-state index is 11.6. The number of nitrogen functional groups attached to an aromatic ring is 1. The van der Waals surface area contributed by atoms with E-state index in [9.17, 15) is 4.79 Å². The Kier molecular flexibility index (Phi) is 6.87. The van der Waals surface area contributed by atoms with Gasteiger partial charge in [-0.3, -0.25) is 0 Å². The third-order valence-electron chi connectivity index (χ3n) is 2.58. The van der Waals surface area contributed by atoms with E-state index in [2.05, 4.69) is 19.2 Å². The molecule has 0 heterocycles. The van der Waals surface area contributed by atoms with Gasteiger partial charge in [-0.15, -0.1) is 0 Å². The van der Waals surface area contributed by atoms with Crippen LogP contribution >= 0.6 is 0 Å². The van der Waals surface area contributed by atoms with Crippen molar-refractivity contribution < 1.29 is 14.3 Å². The molecule has 20 heavy (non-hydrogen) atoms. The van der Waals surface area contributed by atoms with E-state index >= 15 is 0 Å². The average molecular weight is 280 g/mol. The quantitative estimate of drug-likeness (QED) is 0.435. The smallest absolute Gasteiger partial charge is 0.338 e. The zero-order chi connectivity index (χ0) is 15.0. The summed E-state index contributed by atoms with van der Waals surface area (Å²) in [6.45, 7) is 8.39. The number of hydrogen-bond acceptors (Lipinski definition) is 5. The van der Waals surface area contributed by atoms with Crippen LogP contribution in [0, 0.1) is 5.92 Å². The second-order valence-corrected chi connectivity index (χ2v) is 4.92. The number of carbonyl (C=O) groups is 1. The Morgan fingerprint density at radius 3 is 2.75 bits per heavy atom. The van der Waals surface area contributed by atoms with Gasteiger partial charge in [0.25, 0.3) is 0 Å². The van der Waals surface area contributed by atoms with Crippen molar-refractivity contribution in [3.05, 3.63) is 23.8 Å². The highest BCUT2D eigenvalue weighted by Crippen LogP contribution is 2.20. The summed E-state index contributed by atoms with van der Waals surface area (Å²) in [5, 5.41) is 3.18. The maximum atomic E-state index is 11.6. The van der Waals surface area contributed by atoms with Gasteiger partial charge in [-0.2, -0.15) is 0 Å². The molecule has 0 aromatic heterocycles. The molecule has 0 radical (unpaired) electrons. The minimum atomic E-state index is -0.356. The highest BCUT2D eigenvalue weighted by Gasteiger charge is 2.08. The van der Waals surface area contributed by atoms with Crippen LogP contribution in [0.3, 0.4) is 0 Å². The Hall–Kier alpha value is -1.75. The molecule has 0 unspecified atom stereocenters. The summed E-state index contributed by atoms with van der Waals surface area (Å²) in [6.07, 6.45) is 0. The fourth-order valence-electron chi connectivity index (χ4n) is 1.64. The van der Waals surface area contributed by atoms with Crippen molar-refractivity contribution in [1.29, 1.82) is 0 Å². The number of nitrogens with two attached hydrogens (primary N) is 1. The number of nitrogens with one attached hydrogen (secondary N) is 1. The van der Waals surface area contributed by atoms with Crippen LogP contribution in [0.1, 0.15) is 31.1 Å². The highest BCUT2D eigenvalue weighted by molar-refractivity contribution is 5.91. The SMILES string of the molecule is CCOC(=O)c1ccc(NCCOCC(C)C)c(N)c1. The van der Waals surface area contributed by atoms with Crippen LogP contribution in [0.15, 0.2) is 18.2 Å². The minimum Gasteiger partial charge on any atom is -0.462 e. The summed E-state index contributed by atoms with van der Waals surface area (Å²) in [5.74, 6) is 0.176. The van der Waals surface area contributed by atoms with E-state index in [1.807, 2.05) is 0 Å². The van der Waals surface area contributed by atoms with Gasteiger partial charge in [-0.25, -0.2) is 4.79 Å². The molecule has 1 aromatic carbocycles. The predicted molar refractivity (Wildman–Crippen MR) is 81.0 cm³/mol. The summed E-state index contributed by atoms with van der Waals surface area (Å²) in [5.41, 5.74) is 7.70. The second kappa shape index (κ2) is 8.43. The molecule has 1 rings (SSSR count). The van der Waals surface area contributed by atoms with Crippen molar-refractivity contribution in [3.63, 3.8) is 0 Å². The minimum absolute atomic E-state index is 0.353. The molecule has 0 aliphatic carbocycles. The Bertz CT molecular complexity index is 433. The molecule has 0 amide bonds. The molecule has 3 N–H and O–H groups in total. The molecule has 5 nitrogen and oxygen atoms in total. The van der Waals surface area contributed by atoms with E-state index in [4.69, 9.17) is 15.2 Å². The molecule has 0 saturated heterocycles. The van der Waals surface area contributed by atoms with Crippen LogP contribution in [-0.4, -0.2) is 32.3 Å². The zero-order valence-corrected chi connectivity index (χ0v) is 12.4. The summed E-state index contributed by atoms with van der Waals surface area (Å²) < 4.78 is 10.4. The number of hydrogen-bond donors (Lipinski definition) is 2. The second-order valence-electron chi connectivity index (χ2n) is 4.92. The van der Waals surface area contributed by atoms with Crippen LogP contribution in [0.2, 0.25) is 0 Å². The molecular weight excluding hydrogens is 256 g/mol. The van der Waals surface area contributed by atoms with Crippen LogP contribution in [0.5, 0.6) is 0 Å². The highest BCUT2D eigenvalue weighted by atomic mass is 16.5. The first-order valence-electron chi connectivity index (χ1n) is 6.92. The first kappa shape index (κ1) is 16.3. The molecule has 0 bridgehead atoms. The summed E-state index contributed by atoms with van der Waals surface area (Å²) in [6, 6.07) is 5.10. The molecular formula is C15H24N2O3. The van der Waals surface area contributed by atoms with Crippen LogP contribution in [0.25, 0.3) is 0 Å². The average Bonchev–Trinajstić information content (AvgIpc) is 2.39. The normalized spacial score (nSPS) is 10.6. The zero-order valence-electron chi connectivity index (χ0n) is 12.4. The summed E-state index contributed by atoms with van der Waals surface area (Å²) in [7, 11) is 0. The third-order valence-corrected chi connectivity index (χ3v) is 2.58. The van der Waals surface area contributed by atoms with Crippen molar-refractivity contribution in [2.75, 3.05) is 37.4 Å². The molecule has 5 heteroatoms.